The van der Waals surface area contributed by atoms with E-state index in [1.807, 2.05) is 65.6 Å². The first-order chi connectivity index (χ1) is 12.8. The maximum absolute atomic E-state index is 6.06. The molecule has 2 aromatic carbocycles. The number of ether oxygens (including phenoxy) is 2. The van der Waals surface area contributed by atoms with Gasteiger partial charge in [0.15, 0.2) is 0 Å². The minimum absolute atomic E-state index is 0.601. The Hall–Kier alpha value is -3.01. The summed E-state index contributed by atoms with van der Waals surface area (Å²) in [6.45, 7) is 5.42. The largest absolute Gasteiger partial charge is 0.493 e. The molecule has 4 nitrogen and oxygen atoms in total. The molecule has 0 aliphatic heterocycles. The van der Waals surface area contributed by atoms with Crippen LogP contribution in [0.2, 0.25) is 0 Å². The van der Waals surface area contributed by atoms with Gasteiger partial charge in [-0.1, -0.05) is 35.9 Å². The van der Waals surface area contributed by atoms with Crippen LogP contribution >= 0.6 is 0 Å². The minimum Gasteiger partial charge on any atom is -0.493 e. The topological polar surface area (TPSA) is 36.3 Å². The first-order valence-corrected chi connectivity index (χ1v) is 8.81. The maximum Gasteiger partial charge on any atom is 0.128 e. The quantitative estimate of drug-likeness (QED) is 0.536. The Balaban J connectivity index is 1.63. The predicted molar refractivity (Wildman–Crippen MR) is 104 cm³/mol. The third-order valence-electron chi connectivity index (χ3n) is 3.94. The number of benzene rings is 2. The monoisotopic (exact) mass is 348 g/mol. The summed E-state index contributed by atoms with van der Waals surface area (Å²) in [6.07, 6.45) is 6.37. The molecular formula is C22H24N2O2. The predicted octanol–water partition coefficient (Wildman–Crippen LogP) is 5.03. The van der Waals surface area contributed by atoms with E-state index >= 15 is 0 Å². The number of para-hydroxylation sites is 2. The van der Waals surface area contributed by atoms with Crippen molar-refractivity contribution in [2.24, 2.45) is 0 Å². The molecule has 0 aliphatic carbocycles. The second-order valence-electron chi connectivity index (χ2n) is 6.18. The lowest BCUT2D eigenvalue weighted by Crippen LogP contribution is -2.07. The molecule has 134 valence electrons. The van der Waals surface area contributed by atoms with Gasteiger partial charge in [0.05, 0.1) is 25.2 Å². The normalized spacial score (nSPS) is 10.4. The van der Waals surface area contributed by atoms with E-state index < -0.39 is 0 Å². The highest BCUT2D eigenvalue weighted by molar-refractivity contribution is 5.72. The summed E-state index contributed by atoms with van der Waals surface area (Å²) in [5.74, 6) is 1.76. The molecule has 3 rings (SSSR count). The fourth-order valence-electron chi connectivity index (χ4n) is 2.79. The highest BCUT2D eigenvalue weighted by Crippen LogP contribution is 2.29. The molecule has 0 fully saturated rings. The molecule has 0 spiro atoms. The van der Waals surface area contributed by atoms with Gasteiger partial charge in [-0.3, -0.25) is 0 Å². The van der Waals surface area contributed by atoms with Crippen molar-refractivity contribution in [1.82, 2.24) is 9.55 Å². The SMILES string of the molecule is CC(C)=C(c1ccccc1OCCCOc1ccccc1)n1ccnc1. The van der Waals surface area contributed by atoms with Crippen LogP contribution in [0.15, 0.2) is 78.9 Å². The number of hydrogen-bond acceptors (Lipinski definition) is 3. The molecule has 0 amide bonds. The van der Waals surface area contributed by atoms with Crippen molar-refractivity contribution in [2.45, 2.75) is 20.3 Å². The van der Waals surface area contributed by atoms with Crippen LogP contribution in [0.3, 0.4) is 0 Å². The van der Waals surface area contributed by atoms with E-state index in [0.29, 0.717) is 13.2 Å². The summed E-state index contributed by atoms with van der Waals surface area (Å²) in [6, 6.07) is 18.0. The molecule has 0 unspecified atom stereocenters. The van der Waals surface area contributed by atoms with Crippen molar-refractivity contribution >= 4 is 5.70 Å². The molecule has 0 bridgehead atoms. The number of imidazole rings is 1. The van der Waals surface area contributed by atoms with E-state index in [9.17, 15) is 0 Å². The first kappa shape index (κ1) is 17.8. The van der Waals surface area contributed by atoms with Crippen molar-refractivity contribution in [3.8, 4) is 11.5 Å². The van der Waals surface area contributed by atoms with E-state index in [-0.39, 0.29) is 0 Å². The lowest BCUT2D eigenvalue weighted by atomic mass is 10.1. The van der Waals surface area contributed by atoms with Crippen LogP contribution in [0.1, 0.15) is 25.8 Å². The van der Waals surface area contributed by atoms with Gasteiger partial charge in [-0.15, -0.1) is 0 Å². The number of rotatable bonds is 8. The Morgan fingerprint density at radius 1 is 0.923 bits per heavy atom. The summed E-state index contributed by atoms with van der Waals surface area (Å²) in [5, 5.41) is 0. The molecule has 0 atom stereocenters. The summed E-state index contributed by atoms with van der Waals surface area (Å²) in [7, 11) is 0. The molecule has 3 aromatic rings. The molecule has 4 heteroatoms. The average Bonchev–Trinajstić information content (AvgIpc) is 3.17. The van der Waals surface area contributed by atoms with E-state index in [4.69, 9.17) is 9.47 Å². The van der Waals surface area contributed by atoms with Gasteiger partial charge in [0.25, 0.3) is 0 Å². The van der Waals surface area contributed by atoms with Gasteiger partial charge in [-0.05, 0) is 38.1 Å². The zero-order valence-corrected chi connectivity index (χ0v) is 15.3. The molecule has 0 radical (unpaired) electrons. The van der Waals surface area contributed by atoms with Crippen LogP contribution in [-0.4, -0.2) is 22.8 Å². The van der Waals surface area contributed by atoms with Crippen molar-refractivity contribution in [1.29, 1.82) is 0 Å². The van der Waals surface area contributed by atoms with Crippen LogP contribution < -0.4 is 9.47 Å². The Morgan fingerprint density at radius 2 is 1.65 bits per heavy atom. The summed E-state index contributed by atoms with van der Waals surface area (Å²) in [4.78, 5) is 4.17. The molecule has 0 N–H and O–H groups in total. The Bertz CT molecular complexity index is 836. The first-order valence-electron chi connectivity index (χ1n) is 8.81. The van der Waals surface area contributed by atoms with E-state index in [1.165, 1.54) is 5.57 Å². The van der Waals surface area contributed by atoms with Gasteiger partial charge < -0.3 is 14.0 Å². The van der Waals surface area contributed by atoms with Crippen LogP contribution in [-0.2, 0) is 0 Å². The Labute approximate surface area is 154 Å². The van der Waals surface area contributed by atoms with Gasteiger partial charge in [0, 0.05) is 24.4 Å². The summed E-state index contributed by atoms with van der Waals surface area (Å²) < 4.78 is 13.8. The van der Waals surface area contributed by atoms with Crippen LogP contribution in [0.25, 0.3) is 5.70 Å². The molecule has 1 heterocycles. The van der Waals surface area contributed by atoms with Crippen molar-refractivity contribution in [3.63, 3.8) is 0 Å². The fraction of sp³-hybridized carbons (Fsp3) is 0.227. The zero-order chi connectivity index (χ0) is 18.2. The standard InChI is InChI=1S/C22H24N2O2/c1-18(2)22(24-14-13-23-17-24)20-11-6-7-12-21(20)26-16-8-15-25-19-9-4-3-5-10-19/h3-7,9-14,17H,8,15-16H2,1-2H3. The molecule has 0 saturated heterocycles. The fourth-order valence-corrected chi connectivity index (χ4v) is 2.79. The molecular weight excluding hydrogens is 324 g/mol. The third-order valence-corrected chi connectivity index (χ3v) is 3.94. The summed E-state index contributed by atoms with van der Waals surface area (Å²) in [5.41, 5.74) is 3.36. The van der Waals surface area contributed by atoms with Crippen LogP contribution in [0.5, 0.6) is 11.5 Å². The Morgan fingerprint density at radius 3 is 2.38 bits per heavy atom. The van der Waals surface area contributed by atoms with Crippen molar-refractivity contribution < 1.29 is 9.47 Å². The smallest absolute Gasteiger partial charge is 0.128 e. The van der Waals surface area contributed by atoms with Gasteiger partial charge >= 0.3 is 0 Å². The van der Waals surface area contributed by atoms with Gasteiger partial charge in [-0.2, -0.15) is 0 Å². The summed E-state index contributed by atoms with van der Waals surface area (Å²) >= 11 is 0. The second-order valence-corrected chi connectivity index (χ2v) is 6.18. The van der Waals surface area contributed by atoms with Gasteiger partial charge in [0.1, 0.15) is 11.5 Å². The average molecular weight is 348 g/mol. The Kier molecular flexibility index (Phi) is 6.09. The van der Waals surface area contributed by atoms with E-state index in [2.05, 4.69) is 24.9 Å². The van der Waals surface area contributed by atoms with Crippen molar-refractivity contribution in [3.05, 3.63) is 84.5 Å². The van der Waals surface area contributed by atoms with E-state index in [1.54, 1.807) is 6.20 Å². The lowest BCUT2D eigenvalue weighted by molar-refractivity contribution is 0.247. The molecule has 26 heavy (non-hydrogen) atoms. The minimum atomic E-state index is 0.601. The number of nitrogens with zero attached hydrogens (tertiary/aromatic N) is 2. The van der Waals surface area contributed by atoms with Gasteiger partial charge in [0.2, 0.25) is 0 Å². The highest BCUT2D eigenvalue weighted by atomic mass is 16.5. The number of aromatic nitrogens is 2. The van der Waals surface area contributed by atoms with Crippen molar-refractivity contribution in [2.75, 3.05) is 13.2 Å². The second kappa shape index (κ2) is 8.90. The lowest BCUT2D eigenvalue weighted by Gasteiger charge is -2.16. The highest BCUT2D eigenvalue weighted by Gasteiger charge is 2.12. The van der Waals surface area contributed by atoms with Crippen LogP contribution in [0.4, 0.5) is 0 Å². The van der Waals surface area contributed by atoms with E-state index in [0.717, 1.165) is 29.2 Å². The molecule has 0 aliphatic rings. The number of allylic oxidation sites excluding steroid dienone is 1. The third kappa shape index (κ3) is 4.54. The zero-order valence-electron chi connectivity index (χ0n) is 15.3. The molecule has 0 saturated carbocycles. The molecule has 1 aromatic heterocycles. The van der Waals surface area contributed by atoms with Gasteiger partial charge in [-0.25, -0.2) is 4.98 Å². The maximum atomic E-state index is 6.06. The van der Waals surface area contributed by atoms with Crippen LogP contribution in [0, 0.1) is 0 Å². The number of hydrogen-bond donors (Lipinski definition) is 0.